The molecule has 0 spiro atoms. The summed E-state index contributed by atoms with van der Waals surface area (Å²) in [6.45, 7) is 2.57. The highest BCUT2D eigenvalue weighted by molar-refractivity contribution is 7.16. The van der Waals surface area contributed by atoms with Gasteiger partial charge in [-0.05, 0) is 36.3 Å². The largest absolute Gasteiger partial charge is 0.493 e. The first-order valence-electron chi connectivity index (χ1n) is 8.81. The van der Waals surface area contributed by atoms with Gasteiger partial charge in [-0.1, -0.05) is 41.7 Å². The van der Waals surface area contributed by atoms with E-state index < -0.39 is 4.92 Å². The van der Waals surface area contributed by atoms with Crippen LogP contribution in [0.15, 0.2) is 42.5 Å². The van der Waals surface area contributed by atoms with Gasteiger partial charge in [0.05, 0.1) is 11.5 Å². The van der Waals surface area contributed by atoms with E-state index in [4.69, 9.17) is 4.74 Å². The van der Waals surface area contributed by atoms with Gasteiger partial charge in [0.15, 0.2) is 0 Å². The Labute approximate surface area is 175 Å². The summed E-state index contributed by atoms with van der Waals surface area (Å²) < 4.78 is 5.70. The number of amides is 1. The summed E-state index contributed by atoms with van der Waals surface area (Å²) in [6, 6.07) is 11.0. The average molecular weight is 431 g/mol. The zero-order valence-corrected chi connectivity index (χ0v) is 17.2. The predicted molar refractivity (Wildman–Crippen MR) is 114 cm³/mol. The standard InChI is InChI=1S/C19H18N4O4S2/c1-2-13-3-5-14(6-4-13)27-12-11-17-21-22-19(29-17)20-16(24)9-7-15-8-10-18(28-15)23(25)26/h3-10H,2,11-12H2,1H3,(H,20,22,24)/b9-7+. The van der Waals surface area contributed by atoms with E-state index in [0.717, 1.165) is 28.5 Å². The number of rotatable bonds is 9. The van der Waals surface area contributed by atoms with Crippen molar-refractivity contribution in [1.82, 2.24) is 10.2 Å². The van der Waals surface area contributed by atoms with Crippen molar-refractivity contribution in [2.24, 2.45) is 0 Å². The number of aryl methyl sites for hydroxylation is 1. The molecule has 150 valence electrons. The molecule has 1 amide bonds. The molecule has 0 aliphatic rings. The Morgan fingerprint density at radius 3 is 2.69 bits per heavy atom. The molecule has 0 saturated carbocycles. The lowest BCUT2D eigenvalue weighted by atomic mass is 10.2. The fourth-order valence-corrected chi connectivity index (χ4v) is 3.77. The number of nitrogens with one attached hydrogen (secondary N) is 1. The maximum absolute atomic E-state index is 12.0. The van der Waals surface area contributed by atoms with Crippen molar-refractivity contribution in [3.05, 3.63) is 68.0 Å². The highest BCUT2D eigenvalue weighted by Gasteiger charge is 2.09. The first-order chi connectivity index (χ1) is 14.0. The van der Waals surface area contributed by atoms with Crippen molar-refractivity contribution in [1.29, 1.82) is 0 Å². The molecule has 0 radical (unpaired) electrons. The van der Waals surface area contributed by atoms with Crippen LogP contribution in [-0.4, -0.2) is 27.6 Å². The highest BCUT2D eigenvalue weighted by atomic mass is 32.1. The van der Waals surface area contributed by atoms with E-state index in [1.807, 2.05) is 24.3 Å². The summed E-state index contributed by atoms with van der Waals surface area (Å²) in [5.41, 5.74) is 1.26. The number of aromatic nitrogens is 2. The topological polar surface area (TPSA) is 107 Å². The normalized spacial score (nSPS) is 10.9. The first kappa shape index (κ1) is 20.6. The van der Waals surface area contributed by atoms with Crippen molar-refractivity contribution < 1.29 is 14.5 Å². The van der Waals surface area contributed by atoms with Crippen molar-refractivity contribution in [2.75, 3.05) is 11.9 Å². The van der Waals surface area contributed by atoms with Gasteiger partial charge < -0.3 is 4.74 Å². The molecule has 0 fully saturated rings. The molecule has 29 heavy (non-hydrogen) atoms. The predicted octanol–water partition coefficient (Wildman–Crippen LogP) is 4.34. The third-order valence-electron chi connectivity index (χ3n) is 3.80. The van der Waals surface area contributed by atoms with Gasteiger partial charge in [-0.2, -0.15) is 0 Å². The number of hydrogen-bond acceptors (Lipinski definition) is 8. The molecule has 0 unspecified atom stereocenters. The van der Waals surface area contributed by atoms with Gasteiger partial charge in [-0.3, -0.25) is 20.2 Å². The molecule has 3 aromatic rings. The Hall–Kier alpha value is -3.11. The van der Waals surface area contributed by atoms with Crippen molar-refractivity contribution >= 4 is 44.8 Å². The number of ether oxygens (including phenoxy) is 1. The molecule has 2 heterocycles. The van der Waals surface area contributed by atoms with Crippen LogP contribution in [0.2, 0.25) is 0 Å². The number of carbonyl (C=O) groups excluding carboxylic acids is 1. The van der Waals surface area contributed by atoms with Crippen LogP contribution in [0.1, 0.15) is 22.4 Å². The Morgan fingerprint density at radius 2 is 2.00 bits per heavy atom. The second-order valence-electron chi connectivity index (χ2n) is 5.85. The maximum atomic E-state index is 12.0. The molecule has 1 N–H and O–H groups in total. The molecule has 0 aliphatic heterocycles. The second kappa shape index (κ2) is 9.89. The molecule has 0 atom stereocenters. The van der Waals surface area contributed by atoms with E-state index in [-0.39, 0.29) is 10.9 Å². The molecule has 0 bridgehead atoms. The summed E-state index contributed by atoms with van der Waals surface area (Å²) in [7, 11) is 0. The van der Waals surface area contributed by atoms with Crippen LogP contribution >= 0.6 is 22.7 Å². The zero-order chi connectivity index (χ0) is 20.6. The molecular weight excluding hydrogens is 412 g/mol. The Kier molecular flexibility index (Phi) is 7.04. The summed E-state index contributed by atoms with van der Waals surface area (Å²) in [5, 5.41) is 22.5. The molecule has 10 heteroatoms. The van der Waals surface area contributed by atoms with E-state index in [9.17, 15) is 14.9 Å². The van der Waals surface area contributed by atoms with Crippen LogP contribution in [0.3, 0.4) is 0 Å². The Balaban J connectivity index is 1.45. The minimum atomic E-state index is -0.464. The summed E-state index contributed by atoms with van der Waals surface area (Å²) in [6.07, 6.45) is 4.39. The van der Waals surface area contributed by atoms with E-state index in [1.54, 1.807) is 6.07 Å². The van der Waals surface area contributed by atoms with Crippen molar-refractivity contribution in [3.8, 4) is 5.75 Å². The molecule has 8 nitrogen and oxygen atoms in total. The summed E-state index contributed by atoms with van der Waals surface area (Å²) in [5.74, 6) is 0.426. The first-order valence-corrected chi connectivity index (χ1v) is 10.4. The lowest BCUT2D eigenvalue weighted by molar-refractivity contribution is -0.380. The van der Waals surface area contributed by atoms with Gasteiger partial charge in [-0.15, -0.1) is 10.2 Å². The number of carbonyl (C=O) groups is 1. The summed E-state index contributed by atoms with van der Waals surface area (Å²) >= 11 is 2.27. The minimum absolute atomic E-state index is 0.0300. The fourth-order valence-electron chi connectivity index (χ4n) is 2.32. The van der Waals surface area contributed by atoms with Gasteiger partial charge in [0.25, 0.3) is 0 Å². The van der Waals surface area contributed by atoms with E-state index in [2.05, 4.69) is 22.4 Å². The van der Waals surface area contributed by atoms with Crippen LogP contribution in [0.5, 0.6) is 5.75 Å². The third kappa shape index (κ3) is 6.19. The van der Waals surface area contributed by atoms with Gasteiger partial charge in [0.1, 0.15) is 10.8 Å². The number of hydrogen-bond donors (Lipinski definition) is 1. The molecule has 1 aromatic carbocycles. The molecule has 3 rings (SSSR count). The van der Waals surface area contributed by atoms with E-state index >= 15 is 0 Å². The summed E-state index contributed by atoms with van der Waals surface area (Å²) in [4.78, 5) is 22.8. The monoisotopic (exact) mass is 430 g/mol. The smallest absolute Gasteiger partial charge is 0.324 e. The number of thiophene rings is 1. The van der Waals surface area contributed by atoms with Gasteiger partial charge in [0.2, 0.25) is 11.0 Å². The van der Waals surface area contributed by atoms with Crippen LogP contribution in [0.25, 0.3) is 6.08 Å². The Bertz CT molecular complexity index is 1010. The number of anilines is 1. The molecule has 2 aromatic heterocycles. The van der Waals surface area contributed by atoms with Gasteiger partial charge in [-0.25, -0.2) is 0 Å². The van der Waals surface area contributed by atoms with Crippen LogP contribution in [0.4, 0.5) is 10.1 Å². The van der Waals surface area contributed by atoms with E-state index in [1.165, 1.54) is 35.1 Å². The van der Waals surface area contributed by atoms with Crippen LogP contribution in [0, 0.1) is 10.1 Å². The third-order valence-corrected chi connectivity index (χ3v) is 5.71. The maximum Gasteiger partial charge on any atom is 0.324 e. The van der Waals surface area contributed by atoms with Gasteiger partial charge in [0, 0.05) is 23.4 Å². The fraction of sp³-hybridized carbons (Fsp3) is 0.211. The Morgan fingerprint density at radius 1 is 1.21 bits per heavy atom. The zero-order valence-electron chi connectivity index (χ0n) is 15.5. The lowest BCUT2D eigenvalue weighted by Gasteiger charge is -2.05. The number of nitrogens with zero attached hydrogens (tertiary/aromatic N) is 3. The number of nitro groups is 1. The lowest BCUT2D eigenvalue weighted by Crippen LogP contribution is -2.07. The molecule has 0 aliphatic carbocycles. The highest BCUT2D eigenvalue weighted by Crippen LogP contribution is 2.25. The van der Waals surface area contributed by atoms with E-state index in [0.29, 0.717) is 23.0 Å². The SMILES string of the molecule is CCc1ccc(OCCc2nnc(NC(=O)/C=C/c3ccc([N+](=O)[O-])s3)s2)cc1. The minimum Gasteiger partial charge on any atom is -0.493 e. The average Bonchev–Trinajstić information content (AvgIpc) is 3.37. The molecule has 0 saturated heterocycles. The van der Waals surface area contributed by atoms with Crippen molar-refractivity contribution in [2.45, 2.75) is 19.8 Å². The van der Waals surface area contributed by atoms with Crippen LogP contribution < -0.4 is 10.1 Å². The quantitative estimate of drug-likeness (QED) is 0.307. The molecular formula is C19H18N4O4S2. The van der Waals surface area contributed by atoms with Crippen LogP contribution in [-0.2, 0) is 17.6 Å². The second-order valence-corrected chi connectivity index (χ2v) is 8.01. The van der Waals surface area contributed by atoms with Gasteiger partial charge >= 0.3 is 5.00 Å². The van der Waals surface area contributed by atoms with Crippen molar-refractivity contribution in [3.63, 3.8) is 0 Å². The number of benzene rings is 1.